The third-order valence-corrected chi connectivity index (χ3v) is 6.63. The first-order chi connectivity index (χ1) is 15.6. The van der Waals surface area contributed by atoms with Gasteiger partial charge < -0.3 is 14.0 Å². The van der Waals surface area contributed by atoms with E-state index in [9.17, 15) is 9.59 Å². The Bertz CT molecular complexity index is 1240. The Balaban J connectivity index is 1.44. The van der Waals surface area contributed by atoms with Crippen LogP contribution in [0.2, 0.25) is 0 Å². The summed E-state index contributed by atoms with van der Waals surface area (Å²) in [4.78, 5) is 25.6. The van der Waals surface area contributed by atoms with Crippen molar-refractivity contribution in [2.24, 2.45) is 5.92 Å². The molecule has 164 valence electrons. The molecule has 3 aromatic rings. The van der Waals surface area contributed by atoms with Crippen LogP contribution in [0.25, 0.3) is 17.0 Å². The molecule has 0 spiro atoms. The molecule has 1 fully saturated rings. The number of nitrogens with zero attached hydrogens (tertiary/aromatic N) is 1. The molecule has 0 unspecified atom stereocenters. The first-order valence-corrected chi connectivity index (χ1v) is 11.4. The number of Topliss-reactive ketones (excluding diaryl/α,β-unsaturated/α-hetero) is 1. The molecule has 1 aliphatic heterocycles. The molecule has 1 aliphatic carbocycles. The van der Waals surface area contributed by atoms with Gasteiger partial charge in [-0.05, 0) is 51.0 Å². The SMILES string of the molecule is CCn1cc(C=C2Oc3c(ccc(OC(=O)C4CCCCC4)c3C)C2=O)c2ccccc21. The van der Waals surface area contributed by atoms with Gasteiger partial charge >= 0.3 is 5.97 Å². The molecule has 2 heterocycles. The van der Waals surface area contributed by atoms with Crippen molar-refractivity contribution >= 4 is 28.7 Å². The van der Waals surface area contributed by atoms with Gasteiger partial charge in [0.25, 0.3) is 0 Å². The van der Waals surface area contributed by atoms with Crippen LogP contribution in [0.5, 0.6) is 11.5 Å². The summed E-state index contributed by atoms with van der Waals surface area (Å²) in [5, 5.41) is 1.08. The van der Waals surface area contributed by atoms with Gasteiger partial charge in [0.2, 0.25) is 5.78 Å². The molecule has 0 amide bonds. The van der Waals surface area contributed by atoms with E-state index in [2.05, 4.69) is 23.6 Å². The average molecular weight is 430 g/mol. The fourth-order valence-electron chi connectivity index (χ4n) is 4.80. The molecule has 5 rings (SSSR count). The number of carbonyl (C=O) groups excluding carboxylic acids is 2. The second-order valence-corrected chi connectivity index (χ2v) is 8.65. The summed E-state index contributed by atoms with van der Waals surface area (Å²) in [7, 11) is 0. The third-order valence-electron chi connectivity index (χ3n) is 6.63. The van der Waals surface area contributed by atoms with Crippen LogP contribution in [-0.4, -0.2) is 16.3 Å². The number of carbonyl (C=O) groups is 2. The van der Waals surface area contributed by atoms with Crippen molar-refractivity contribution in [3.05, 3.63) is 65.0 Å². The van der Waals surface area contributed by atoms with E-state index in [1.165, 1.54) is 6.42 Å². The van der Waals surface area contributed by atoms with Gasteiger partial charge in [-0.25, -0.2) is 0 Å². The van der Waals surface area contributed by atoms with Gasteiger partial charge in [0.05, 0.1) is 11.5 Å². The van der Waals surface area contributed by atoms with E-state index >= 15 is 0 Å². The number of esters is 1. The number of ether oxygens (including phenoxy) is 2. The summed E-state index contributed by atoms with van der Waals surface area (Å²) < 4.78 is 13.9. The minimum absolute atomic E-state index is 0.0368. The Hall–Kier alpha value is -3.34. The van der Waals surface area contributed by atoms with Gasteiger partial charge in [-0.15, -0.1) is 0 Å². The van der Waals surface area contributed by atoms with Crippen molar-refractivity contribution < 1.29 is 19.1 Å². The van der Waals surface area contributed by atoms with Crippen molar-refractivity contribution in [3.63, 3.8) is 0 Å². The van der Waals surface area contributed by atoms with E-state index in [0.29, 0.717) is 22.6 Å². The highest BCUT2D eigenvalue weighted by Gasteiger charge is 2.31. The summed E-state index contributed by atoms with van der Waals surface area (Å²) in [6.07, 6.45) is 8.95. The lowest BCUT2D eigenvalue weighted by Crippen LogP contribution is -2.23. The van der Waals surface area contributed by atoms with Crippen molar-refractivity contribution in [3.8, 4) is 11.5 Å². The molecule has 32 heavy (non-hydrogen) atoms. The van der Waals surface area contributed by atoms with Gasteiger partial charge in [0.15, 0.2) is 5.76 Å². The van der Waals surface area contributed by atoms with Crippen LogP contribution in [-0.2, 0) is 11.3 Å². The minimum atomic E-state index is -0.180. The van der Waals surface area contributed by atoms with E-state index < -0.39 is 0 Å². The number of hydrogen-bond donors (Lipinski definition) is 0. The highest BCUT2D eigenvalue weighted by atomic mass is 16.5. The number of fused-ring (bicyclic) bond motifs is 2. The van der Waals surface area contributed by atoms with Gasteiger partial charge in [-0.1, -0.05) is 37.5 Å². The summed E-state index contributed by atoms with van der Waals surface area (Å²) in [6, 6.07) is 11.5. The molecule has 0 saturated heterocycles. The summed E-state index contributed by atoms with van der Waals surface area (Å²) in [5.74, 6) is 0.871. The van der Waals surface area contributed by atoms with Crippen molar-refractivity contribution in [1.82, 2.24) is 4.57 Å². The van der Waals surface area contributed by atoms with E-state index in [1.54, 1.807) is 12.1 Å². The molecule has 5 nitrogen and oxygen atoms in total. The molecular weight excluding hydrogens is 402 g/mol. The van der Waals surface area contributed by atoms with E-state index in [4.69, 9.17) is 9.47 Å². The van der Waals surface area contributed by atoms with E-state index in [1.807, 2.05) is 31.3 Å². The fourth-order valence-corrected chi connectivity index (χ4v) is 4.80. The van der Waals surface area contributed by atoms with E-state index in [0.717, 1.165) is 48.7 Å². The Morgan fingerprint density at radius 3 is 2.72 bits per heavy atom. The Kier molecular flexibility index (Phi) is 5.33. The zero-order valence-electron chi connectivity index (χ0n) is 18.5. The highest BCUT2D eigenvalue weighted by Crippen LogP contribution is 2.40. The molecule has 0 bridgehead atoms. The normalized spacial score (nSPS) is 17.6. The molecule has 5 heteroatoms. The molecule has 0 atom stereocenters. The average Bonchev–Trinajstić information content (AvgIpc) is 3.34. The topological polar surface area (TPSA) is 57.5 Å². The van der Waals surface area contributed by atoms with Crippen LogP contribution in [0, 0.1) is 12.8 Å². The van der Waals surface area contributed by atoms with Crippen LogP contribution in [0.1, 0.15) is 60.5 Å². The van der Waals surface area contributed by atoms with Crippen LogP contribution in [0.3, 0.4) is 0 Å². The van der Waals surface area contributed by atoms with Gasteiger partial charge in [-0.2, -0.15) is 0 Å². The van der Waals surface area contributed by atoms with Crippen LogP contribution in [0.15, 0.2) is 48.4 Å². The molecule has 2 aliphatic rings. The lowest BCUT2D eigenvalue weighted by molar-refractivity contribution is -0.140. The van der Waals surface area contributed by atoms with Crippen LogP contribution >= 0.6 is 0 Å². The lowest BCUT2D eigenvalue weighted by Gasteiger charge is -2.20. The number of ketones is 1. The summed E-state index contributed by atoms with van der Waals surface area (Å²) >= 11 is 0. The summed E-state index contributed by atoms with van der Waals surface area (Å²) in [5.41, 5.74) is 3.25. The molecule has 1 saturated carbocycles. The largest absolute Gasteiger partial charge is 0.452 e. The number of allylic oxidation sites excluding steroid dienone is 1. The lowest BCUT2D eigenvalue weighted by atomic mass is 9.89. The van der Waals surface area contributed by atoms with Crippen molar-refractivity contribution in [1.29, 1.82) is 0 Å². The van der Waals surface area contributed by atoms with Crippen LogP contribution < -0.4 is 9.47 Å². The van der Waals surface area contributed by atoms with Crippen LogP contribution in [0.4, 0.5) is 0 Å². The molecule has 0 radical (unpaired) electrons. The number of rotatable bonds is 4. The van der Waals surface area contributed by atoms with E-state index in [-0.39, 0.29) is 23.4 Å². The second kappa shape index (κ2) is 8.30. The maximum atomic E-state index is 13.0. The fraction of sp³-hybridized carbons (Fsp3) is 0.333. The monoisotopic (exact) mass is 429 g/mol. The molecule has 2 aromatic carbocycles. The first kappa shape index (κ1) is 20.6. The highest BCUT2D eigenvalue weighted by molar-refractivity contribution is 6.15. The van der Waals surface area contributed by atoms with Gasteiger partial charge in [0, 0.05) is 34.8 Å². The quantitative estimate of drug-likeness (QED) is 0.287. The number of aryl methyl sites for hydroxylation is 1. The zero-order chi connectivity index (χ0) is 22.2. The van der Waals surface area contributed by atoms with Crippen molar-refractivity contribution in [2.45, 2.75) is 52.5 Å². The predicted octanol–water partition coefficient (Wildman–Crippen LogP) is 6.07. The minimum Gasteiger partial charge on any atom is -0.452 e. The second-order valence-electron chi connectivity index (χ2n) is 8.65. The molecule has 1 aromatic heterocycles. The predicted molar refractivity (Wildman–Crippen MR) is 124 cm³/mol. The smallest absolute Gasteiger partial charge is 0.314 e. The molecule has 0 N–H and O–H groups in total. The standard InChI is InChI=1S/C27H27NO4/c1-3-28-16-19(20-11-7-8-12-22(20)28)15-24-25(29)21-13-14-23(17(2)26(21)31-24)32-27(30)18-9-5-4-6-10-18/h7-8,11-16,18H,3-6,9-10H2,1-2H3. The number of aromatic nitrogens is 1. The first-order valence-electron chi connectivity index (χ1n) is 11.4. The molecular formula is C27H27NO4. The number of benzene rings is 2. The van der Waals surface area contributed by atoms with Gasteiger partial charge in [0.1, 0.15) is 11.5 Å². The Morgan fingerprint density at radius 1 is 1.16 bits per heavy atom. The maximum absolute atomic E-state index is 13.0. The maximum Gasteiger partial charge on any atom is 0.314 e. The van der Waals surface area contributed by atoms with Crippen molar-refractivity contribution in [2.75, 3.05) is 0 Å². The van der Waals surface area contributed by atoms with Gasteiger partial charge in [-0.3, -0.25) is 9.59 Å². The number of para-hydroxylation sites is 1. The summed E-state index contributed by atoms with van der Waals surface area (Å²) in [6.45, 7) is 4.77. The Labute approximate surface area is 187 Å². The number of hydrogen-bond acceptors (Lipinski definition) is 4. The zero-order valence-corrected chi connectivity index (χ0v) is 18.5. The Morgan fingerprint density at radius 2 is 1.94 bits per heavy atom. The third kappa shape index (κ3) is 3.52.